The van der Waals surface area contributed by atoms with Gasteiger partial charge in [-0.15, -0.1) is 11.1 Å². The molecule has 4 nitrogen and oxygen atoms in total. The molecule has 1 aliphatic rings. The van der Waals surface area contributed by atoms with E-state index < -0.39 is 0 Å². The first-order valence-electron chi connectivity index (χ1n) is 9.02. The topological polar surface area (TPSA) is 47.2 Å². The van der Waals surface area contributed by atoms with Gasteiger partial charge in [-0.25, -0.2) is 0 Å². The smallest absolute Gasteiger partial charge is 0.668 e. The Labute approximate surface area is 190 Å². The van der Waals surface area contributed by atoms with Crippen molar-refractivity contribution in [2.45, 2.75) is 13.3 Å². The van der Waals surface area contributed by atoms with Crippen LogP contribution in [0.3, 0.4) is 0 Å². The normalized spacial score (nSPS) is 10.1. The molecule has 0 atom stereocenters. The monoisotopic (exact) mass is 454 g/mol. The van der Waals surface area contributed by atoms with E-state index in [1.54, 1.807) is 42.3 Å². The number of aryl methyl sites for hydroxylation is 2. The molecular formula is C23H32N4Zr. The zero-order chi connectivity index (χ0) is 20.4. The first-order valence-corrected chi connectivity index (χ1v) is 9.02. The number of aromatic nitrogens is 1. The molecule has 148 valence electrons. The molecule has 3 aromatic rings. The largest absolute Gasteiger partial charge is 4.00 e. The van der Waals surface area contributed by atoms with Crippen molar-refractivity contribution in [1.29, 1.82) is 0 Å². The van der Waals surface area contributed by atoms with Crippen LogP contribution in [0.15, 0.2) is 36.4 Å². The standard InChI is InChI=1S/C17H14N.3C2H6N.Zr/c1-11-7-8-16-14(9-11)15-10-12-5-3-4-6-13(12)17(15)18(16)2;3*1-3-2;/h3-4,6-9H,10H2,1-2H3;3*1-2H3;/q4*-1;+4. The molecule has 0 fully saturated rings. The van der Waals surface area contributed by atoms with Gasteiger partial charge in [-0.05, 0) is 36.7 Å². The quantitative estimate of drug-likeness (QED) is 0.305. The van der Waals surface area contributed by atoms with Crippen LogP contribution in [0.5, 0.6) is 0 Å². The summed E-state index contributed by atoms with van der Waals surface area (Å²) in [6, 6.07) is 16.4. The summed E-state index contributed by atoms with van der Waals surface area (Å²) in [7, 11) is 12.7. The van der Waals surface area contributed by atoms with Gasteiger partial charge in [0.1, 0.15) is 0 Å². The molecule has 0 unspecified atom stereocenters. The first-order chi connectivity index (χ1) is 13.0. The van der Waals surface area contributed by atoms with E-state index in [2.05, 4.69) is 70.9 Å². The number of fused-ring (bicyclic) bond motifs is 5. The predicted molar refractivity (Wildman–Crippen MR) is 120 cm³/mol. The van der Waals surface area contributed by atoms with Gasteiger partial charge in [0.05, 0.1) is 0 Å². The zero-order valence-corrected chi connectivity index (χ0v) is 20.9. The van der Waals surface area contributed by atoms with Crippen LogP contribution in [0.4, 0.5) is 0 Å². The minimum Gasteiger partial charge on any atom is -0.668 e. The average Bonchev–Trinajstić information content (AvgIpc) is 3.13. The summed E-state index contributed by atoms with van der Waals surface area (Å²) >= 11 is 0. The Morgan fingerprint density at radius 3 is 2.07 bits per heavy atom. The van der Waals surface area contributed by atoms with Crippen molar-refractivity contribution in [3.8, 4) is 11.3 Å². The van der Waals surface area contributed by atoms with Gasteiger partial charge < -0.3 is 20.5 Å². The van der Waals surface area contributed by atoms with E-state index >= 15 is 0 Å². The van der Waals surface area contributed by atoms with Crippen molar-refractivity contribution in [2.24, 2.45) is 7.05 Å². The molecule has 1 aliphatic carbocycles. The van der Waals surface area contributed by atoms with Crippen molar-refractivity contribution in [2.75, 3.05) is 42.3 Å². The summed E-state index contributed by atoms with van der Waals surface area (Å²) in [5.74, 6) is 0. The maximum atomic E-state index is 3.50. The van der Waals surface area contributed by atoms with Gasteiger partial charge >= 0.3 is 26.2 Å². The Kier molecular flexibility index (Phi) is 13.2. The van der Waals surface area contributed by atoms with Crippen LogP contribution < -0.4 is 0 Å². The Morgan fingerprint density at radius 2 is 1.50 bits per heavy atom. The van der Waals surface area contributed by atoms with E-state index in [1.165, 1.54) is 38.9 Å². The molecule has 28 heavy (non-hydrogen) atoms. The second kappa shape index (κ2) is 13.8. The molecule has 0 amide bonds. The van der Waals surface area contributed by atoms with E-state index in [-0.39, 0.29) is 26.2 Å². The molecule has 0 aliphatic heterocycles. The molecule has 0 spiro atoms. The van der Waals surface area contributed by atoms with Gasteiger partial charge in [0, 0.05) is 18.0 Å². The van der Waals surface area contributed by atoms with Crippen LogP contribution in [0.25, 0.3) is 38.1 Å². The first kappa shape index (κ1) is 26.7. The number of rotatable bonds is 0. The predicted octanol–water partition coefficient (Wildman–Crippen LogP) is 5.71. The van der Waals surface area contributed by atoms with Crippen molar-refractivity contribution in [3.63, 3.8) is 0 Å². The Bertz CT molecular complexity index is 835. The molecule has 5 heteroatoms. The van der Waals surface area contributed by atoms with Crippen LogP contribution in [0.2, 0.25) is 0 Å². The minimum absolute atomic E-state index is 0. The zero-order valence-electron chi connectivity index (χ0n) is 18.5. The Morgan fingerprint density at radius 1 is 0.929 bits per heavy atom. The van der Waals surface area contributed by atoms with Gasteiger partial charge in [-0.3, -0.25) is 0 Å². The third kappa shape index (κ3) is 6.38. The van der Waals surface area contributed by atoms with Gasteiger partial charge in [0.25, 0.3) is 0 Å². The summed E-state index contributed by atoms with van der Waals surface area (Å²) in [5, 5.41) is 11.9. The van der Waals surface area contributed by atoms with Crippen LogP contribution in [0, 0.1) is 13.0 Å². The van der Waals surface area contributed by atoms with E-state index in [0.717, 1.165) is 6.42 Å². The molecule has 1 aromatic heterocycles. The van der Waals surface area contributed by atoms with Crippen LogP contribution in [-0.4, -0.2) is 46.9 Å². The fourth-order valence-electron chi connectivity index (χ4n) is 3.17. The molecule has 0 saturated carbocycles. The molecule has 4 rings (SSSR count). The molecule has 0 saturated heterocycles. The summed E-state index contributed by atoms with van der Waals surface area (Å²) in [6.45, 7) is 2.16. The minimum atomic E-state index is 0. The van der Waals surface area contributed by atoms with Gasteiger partial charge in [0.2, 0.25) is 0 Å². The van der Waals surface area contributed by atoms with Crippen LogP contribution >= 0.6 is 0 Å². The fraction of sp³-hybridized carbons (Fsp3) is 0.391. The Hall–Kier alpha value is -1.26. The van der Waals surface area contributed by atoms with Crippen molar-refractivity contribution >= 4 is 10.9 Å². The third-order valence-corrected chi connectivity index (χ3v) is 4.01. The Balaban J connectivity index is 0.000000632. The van der Waals surface area contributed by atoms with Gasteiger partial charge in [0.15, 0.2) is 0 Å². The van der Waals surface area contributed by atoms with E-state index in [0.29, 0.717) is 0 Å². The van der Waals surface area contributed by atoms with E-state index in [1.807, 2.05) is 6.07 Å². The van der Waals surface area contributed by atoms with Gasteiger partial charge in [-0.1, -0.05) is 11.6 Å². The van der Waals surface area contributed by atoms with Crippen molar-refractivity contribution in [1.82, 2.24) is 4.57 Å². The molecule has 0 N–H and O–H groups in total. The molecular weight excluding hydrogens is 424 g/mol. The second-order valence-corrected chi connectivity index (χ2v) is 6.49. The SMILES string of the molecule is C[N-]C.C[N-]C.C[N-]C.Cc1ccc2c(c1)c1c(n2C)-c2ccc[c-]c2C1.[Zr+4]. The van der Waals surface area contributed by atoms with Crippen LogP contribution in [0.1, 0.15) is 16.7 Å². The van der Waals surface area contributed by atoms with Crippen LogP contribution in [-0.2, 0) is 39.7 Å². The molecule has 0 bridgehead atoms. The second-order valence-electron chi connectivity index (χ2n) is 6.49. The summed E-state index contributed by atoms with van der Waals surface area (Å²) in [4.78, 5) is 0. The molecule has 1 heterocycles. The summed E-state index contributed by atoms with van der Waals surface area (Å²) in [5.41, 5.74) is 8.19. The maximum absolute atomic E-state index is 3.50. The molecule has 0 radical (unpaired) electrons. The van der Waals surface area contributed by atoms with Crippen molar-refractivity contribution < 1.29 is 26.2 Å². The number of benzene rings is 2. The number of hydrogen-bond acceptors (Lipinski definition) is 0. The number of nitrogens with zero attached hydrogens (tertiary/aromatic N) is 4. The fourth-order valence-corrected chi connectivity index (χ4v) is 3.17. The average molecular weight is 456 g/mol. The third-order valence-electron chi connectivity index (χ3n) is 4.01. The number of hydrogen-bond donors (Lipinski definition) is 0. The van der Waals surface area contributed by atoms with E-state index in [9.17, 15) is 0 Å². The summed E-state index contributed by atoms with van der Waals surface area (Å²) in [6.07, 6.45) is 1.02. The van der Waals surface area contributed by atoms with E-state index in [4.69, 9.17) is 0 Å². The van der Waals surface area contributed by atoms with Crippen molar-refractivity contribution in [3.05, 3.63) is 75.1 Å². The maximum Gasteiger partial charge on any atom is 4.00 e. The summed E-state index contributed by atoms with van der Waals surface area (Å²) < 4.78 is 2.32. The van der Waals surface area contributed by atoms with Gasteiger partial charge in [-0.2, -0.15) is 66.6 Å². The molecule has 2 aromatic carbocycles.